The van der Waals surface area contributed by atoms with Crippen LogP contribution in [-0.4, -0.2) is 40.1 Å². The van der Waals surface area contributed by atoms with Crippen molar-refractivity contribution >= 4 is 11.9 Å². The fraction of sp³-hybridized carbons (Fsp3) is 0.778. The molecule has 1 aliphatic carbocycles. The summed E-state index contributed by atoms with van der Waals surface area (Å²) in [5.41, 5.74) is 0. The lowest BCUT2D eigenvalue weighted by Gasteiger charge is -2.31. The molecule has 0 radical (unpaired) electrons. The normalized spacial score (nSPS) is 18.0. The first-order valence-electron chi connectivity index (χ1n) is 4.81. The van der Waals surface area contributed by atoms with Crippen LogP contribution in [0.4, 0.5) is 13.2 Å². The van der Waals surface area contributed by atoms with E-state index in [0.29, 0.717) is 17.7 Å². The van der Waals surface area contributed by atoms with Crippen LogP contribution < -0.4 is 0 Å². The zero-order valence-corrected chi connectivity index (χ0v) is 8.62. The largest absolute Gasteiger partial charge is 0.481 e. The van der Waals surface area contributed by atoms with Crippen molar-refractivity contribution in [1.29, 1.82) is 0 Å². The summed E-state index contributed by atoms with van der Waals surface area (Å²) in [6, 6.07) is -2.67. The summed E-state index contributed by atoms with van der Waals surface area (Å²) in [7, 11) is 0. The number of carboxylic acids is 1. The standard InChI is InChI=1S/C9H12F3NO3/c1-5(14)13(6-2-3-6)7(4-8(15)16)9(10,11)12/h6-7H,2-4H2,1H3,(H,15,16). The Morgan fingerprint density at radius 2 is 1.94 bits per heavy atom. The van der Waals surface area contributed by atoms with Crippen LogP contribution in [0.5, 0.6) is 0 Å². The molecule has 0 aromatic heterocycles. The predicted molar refractivity (Wildman–Crippen MR) is 47.6 cm³/mol. The number of hydrogen-bond acceptors (Lipinski definition) is 2. The second-order valence-corrected chi connectivity index (χ2v) is 3.81. The van der Waals surface area contributed by atoms with Crippen molar-refractivity contribution in [2.45, 2.75) is 44.4 Å². The van der Waals surface area contributed by atoms with E-state index in [-0.39, 0.29) is 0 Å². The van der Waals surface area contributed by atoms with E-state index in [2.05, 4.69) is 0 Å². The van der Waals surface area contributed by atoms with Gasteiger partial charge >= 0.3 is 12.1 Å². The Kier molecular flexibility index (Phi) is 3.44. The minimum absolute atomic E-state index is 0.455. The van der Waals surface area contributed by atoms with Gasteiger partial charge in [-0.2, -0.15) is 13.2 Å². The van der Waals surface area contributed by atoms with Gasteiger partial charge in [-0.3, -0.25) is 9.59 Å². The Labute approximate surface area is 90.0 Å². The summed E-state index contributed by atoms with van der Waals surface area (Å²) < 4.78 is 37.9. The fourth-order valence-electron chi connectivity index (χ4n) is 1.62. The Hall–Kier alpha value is -1.27. The molecule has 1 N–H and O–H groups in total. The first-order valence-corrected chi connectivity index (χ1v) is 4.81. The second-order valence-electron chi connectivity index (χ2n) is 3.81. The van der Waals surface area contributed by atoms with E-state index in [1.54, 1.807) is 0 Å². The third kappa shape index (κ3) is 3.11. The summed E-state index contributed by atoms with van der Waals surface area (Å²) in [4.78, 5) is 22.2. The lowest BCUT2D eigenvalue weighted by Crippen LogP contribution is -2.50. The van der Waals surface area contributed by atoms with Crippen LogP contribution in [0.1, 0.15) is 26.2 Å². The summed E-state index contributed by atoms with van der Waals surface area (Å²) in [6.07, 6.45) is -4.79. The number of nitrogens with zero attached hydrogens (tertiary/aromatic N) is 1. The van der Waals surface area contributed by atoms with E-state index in [0.717, 1.165) is 6.92 Å². The van der Waals surface area contributed by atoms with Crippen molar-refractivity contribution in [3.05, 3.63) is 0 Å². The highest BCUT2D eigenvalue weighted by molar-refractivity contribution is 5.76. The highest BCUT2D eigenvalue weighted by Gasteiger charge is 2.50. The number of carbonyl (C=O) groups is 2. The molecule has 0 saturated heterocycles. The van der Waals surface area contributed by atoms with Gasteiger partial charge in [0.15, 0.2) is 0 Å². The van der Waals surface area contributed by atoms with Crippen molar-refractivity contribution in [2.24, 2.45) is 0 Å². The highest BCUT2D eigenvalue weighted by atomic mass is 19.4. The zero-order valence-electron chi connectivity index (χ0n) is 8.62. The predicted octanol–water partition coefficient (Wildman–Crippen LogP) is 1.40. The molecule has 16 heavy (non-hydrogen) atoms. The third-order valence-electron chi connectivity index (χ3n) is 2.39. The lowest BCUT2D eigenvalue weighted by molar-refractivity contribution is -0.195. The van der Waals surface area contributed by atoms with Gasteiger partial charge in [0.1, 0.15) is 6.04 Å². The molecule has 1 amide bonds. The van der Waals surface area contributed by atoms with Crippen molar-refractivity contribution in [2.75, 3.05) is 0 Å². The molecule has 0 aromatic rings. The number of carboxylic acid groups (broad SMARTS) is 1. The van der Waals surface area contributed by atoms with Crippen LogP contribution in [-0.2, 0) is 9.59 Å². The molecule has 0 aliphatic heterocycles. The molecule has 1 unspecified atom stereocenters. The minimum Gasteiger partial charge on any atom is -0.481 e. The van der Waals surface area contributed by atoms with E-state index in [9.17, 15) is 22.8 Å². The van der Waals surface area contributed by atoms with Crippen LogP contribution in [0.25, 0.3) is 0 Å². The number of rotatable bonds is 4. The van der Waals surface area contributed by atoms with Crippen LogP contribution in [0.3, 0.4) is 0 Å². The topological polar surface area (TPSA) is 57.6 Å². The number of hydrogen-bond donors (Lipinski definition) is 1. The molecule has 1 saturated carbocycles. The quantitative estimate of drug-likeness (QED) is 0.806. The van der Waals surface area contributed by atoms with Gasteiger partial charge in [-0.25, -0.2) is 0 Å². The molecule has 1 fully saturated rings. The molecule has 7 heteroatoms. The minimum atomic E-state index is -4.70. The Morgan fingerprint density at radius 3 is 2.19 bits per heavy atom. The average molecular weight is 239 g/mol. The highest BCUT2D eigenvalue weighted by Crippen LogP contribution is 2.36. The van der Waals surface area contributed by atoms with Crippen molar-refractivity contribution in [3.8, 4) is 0 Å². The van der Waals surface area contributed by atoms with Crippen molar-refractivity contribution in [3.63, 3.8) is 0 Å². The molecular weight excluding hydrogens is 227 g/mol. The van der Waals surface area contributed by atoms with Crippen LogP contribution in [0.2, 0.25) is 0 Å². The van der Waals surface area contributed by atoms with E-state index < -0.39 is 36.6 Å². The smallest absolute Gasteiger partial charge is 0.409 e. The van der Waals surface area contributed by atoms with Crippen LogP contribution in [0, 0.1) is 0 Å². The summed E-state index contributed by atoms with van der Waals surface area (Å²) in [5.74, 6) is -2.29. The lowest BCUT2D eigenvalue weighted by atomic mass is 10.1. The molecule has 0 heterocycles. The number of carbonyl (C=O) groups excluding carboxylic acids is 1. The summed E-state index contributed by atoms with van der Waals surface area (Å²) in [6.45, 7) is 1.03. The molecule has 0 aromatic carbocycles. The summed E-state index contributed by atoms with van der Waals surface area (Å²) in [5, 5.41) is 8.44. The van der Waals surface area contributed by atoms with Gasteiger partial charge in [-0.05, 0) is 12.8 Å². The van der Waals surface area contributed by atoms with Crippen molar-refractivity contribution < 1.29 is 27.9 Å². The van der Waals surface area contributed by atoms with Gasteiger partial charge in [-0.1, -0.05) is 0 Å². The number of amides is 1. The average Bonchev–Trinajstić information content (AvgIpc) is 2.83. The first-order chi connectivity index (χ1) is 7.23. The molecule has 1 rings (SSSR count). The van der Waals surface area contributed by atoms with Crippen LogP contribution in [0.15, 0.2) is 0 Å². The maximum atomic E-state index is 12.6. The second kappa shape index (κ2) is 4.31. The van der Waals surface area contributed by atoms with E-state index in [1.807, 2.05) is 0 Å². The number of aliphatic carboxylic acids is 1. The Balaban J connectivity index is 2.88. The monoisotopic (exact) mass is 239 g/mol. The zero-order chi connectivity index (χ0) is 12.5. The SMILES string of the molecule is CC(=O)N(C1CC1)C(CC(=O)O)C(F)(F)F. The Morgan fingerprint density at radius 1 is 1.44 bits per heavy atom. The van der Waals surface area contributed by atoms with E-state index >= 15 is 0 Å². The van der Waals surface area contributed by atoms with Gasteiger partial charge in [-0.15, -0.1) is 0 Å². The maximum Gasteiger partial charge on any atom is 0.409 e. The molecular formula is C9H12F3NO3. The first kappa shape index (κ1) is 12.8. The Bertz CT molecular complexity index is 299. The molecule has 0 spiro atoms. The van der Waals surface area contributed by atoms with Crippen molar-refractivity contribution in [1.82, 2.24) is 4.90 Å². The third-order valence-corrected chi connectivity index (χ3v) is 2.39. The summed E-state index contributed by atoms with van der Waals surface area (Å²) >= 11 is 0. The van der Waals surface area contributed by atoms with Gasteiger partial charge in [0.25, 0.3) is 0 Å². The molecule has 0 bridgehead atoms. The molecule has 1 aliphatic rings. The van der Waals surface area contributed by atoms with Crippen LogP contribution >= 0.6 is 0 Å². The maximum absolute atomic E-state index is 12.6. The van der Waals surface area contributed by atoms with E-state index in [4.69, 9.17) is 5.11 Å². The number of halogens is 3. The van der Waals surface area contributed by atoms with Gasteiger partial charge in [0.05, 0.1) is 6.42 Å². The fourth-order valence-corrected chi connectivity index (χ4v) is 1.62. The van der Waals surface area contributed by atoms with E-state index in [1.165, 1.54) is 0 Å². The molecule has 1 atom stereocenters. The van der Waals surface area contributed by atoms with Gasteiger partial charge in [0, 0.05) is 13.0 Å². The molecule has 92 valence electrons. The molecule has 4 nitrogen and oxygen atoms in total. The van der Waals surface area contributed by atoms with Gasteiger partial charge < -0.3 is 10.0 Å². The van der Waals surface area contributed by atoms with Gasteiger partial charge in [0.2, 0.25) is 5.91 Å². The number of alkyl halides is 3.